The van der Waals surface area contributed by atoms with Gasteiger partial charge in [0.1, 0.15) is 4.88 Å². The maximum absolute atomic E-state index is 11.6. The fourth-order valence-corrected chi connectivity index (χ4v) is 3.93. The van der Waals surface area contributed by atoms with Crippen LogP contribution < -0.4 is 16.0 Å². The van der Waals surface area contributed by atoms with Crippen LogP contribution in [0.3, 0.4) is 0 Å². The lowest BCUT2D eigenvalue weighted by atomic mass is 10.3. The minimum atomic E-state index is -0.0989. The van der Waals surface area contributed by atoms with Gasteiger partial charge in [0.25, 0.3) is 5.91 Å². The summed E-state index contributed by atoms with van der Waals surface area (Å²) in [6.07, 6.45) is 0. The monoisotopic (exact) mass is 271 g/mol. The molecule has 2 rings (SSSR count). The zero-order chi connectivity index (χ0) is 12.4. The van der Waals surface area contributed by atoms with Crippen molar-refractivity contribution in [3.05, 3.63) is 10.9 Å². The number of rotatable bonds is 2. The van der Waals surface area contributed by atoms with Crippen molar-refractivity contribution in [1.82, 2.24) is 5.32 Å². The third-order valence-corrected chi connectivity index (χ3v) is 5.08. The van der Waals surface area contributed by atoms with Crippen molar-refractivity contribution in [1.29, 1.82) is 0 Å². The summed E-state index contributed by atoms with van der Waals surface area (Å²) in [4.78, 5) is 14.5. The number of carbonyl (C=O) groups is 1. The smallest absolute Gasteiger partial charge is 0.263 e. The molecular formula is C11H17N3OS2. The number of carbonyl (C=O) groups excluding carboxylic acids is 1. The summed E-state index contributed by atoms with van der Waals surface area (Å²) in [6, 6.07) is 1.91. The molecule has 1 atom stereocenters. The minimum Gasteiger partial charge on any atom is -0.397 e. The van der Waals surface area contributed by atoms with Gasteiger partial charge in [0.2, 0.25) is 0 Å². The van der Waals surface area contributed by atoms with Gasteiger partial charge in [0.05, 0.1) is 10.7 Å². The number of nitrogen functional groups attached to an aromatic ring is 1. The molecule has 0 bridgehead atoms. The van der Waals surface area contributed by atoms with Crippen molar-refractivity contribution in [3.8, 4) is 0 Å². The molecule has 1 aromatic heterocycles. The number of nitrogens with one attached hydrogen (secondary N) is 1. The summed E-state index contributed by atoms with van der Waals surface area (Å²) in [5, 5.41) is 4.36. The first kappa shape index (κ1) is 12.6. The second-order valence-electron chi connectivity index (χ2n) is 4.08. The average molecular weight is 271 g/mol. The van der Waals surface area contributed by atoms with Crippen molar-refractivity contribution in [2.75, 3.05) is 36.5 Å². The molecule has 4 nitrogen and oxygen atoms in total. The van der Waals surface area contributed by atoms with Gasteiger partial charge in [-0.25, -0.2) is 0 Å². The molecule has 1 saturated heterocycles. The van der Waals surface area contributed by atoms with Crippen LogP contribution in [0.25, 0.3) is 0 Å². The highest BCUT2D eigenvalue weighted by atomic mass is 32.2. The Morgan fingerprint density at radius 1 is 1.65 bits per heavy atom. The number of amides is 1. The highest BCUT2D eigenvalue weighted by Gasteiger charge is 2.21. The SMILES string of the molecule is CNC(=O)c1sc(N2CCSC(C)C2)cc1N. The molecule has 0 spiro atoms. The van der Waals surface area contributed by atoms with Gasteiger partial charge in [0.15, 0.2) is 0 Å². The maximum Gasteiger partial charge on any atom is 0.263 e. The van der Waals surface area contributed by atoms with Crippen LogP contribution in [0.15, 0.2) is 6.07 Å². The van der Waals surface area contributed by atoms with E-state index in [-0.39, 0.29) is 5.91 Å². The Morgan fingerprint density at radius 3 is 3.06 bits per heavy atom. The predicted molar refractivity (Wildman–Crippen MR) is 76.3 cm³/mol. The van der Waals surface area contributed by atoms with Crippen molar-refractivity contribution in [3.63, 3.8) is 0 Å². The first-order valence-corrected chi connectivity index (χ1v) is 7.46. The molecule has 17 heavy (non-hydrogen) atoms. The summed E-state index contributed by atoms with van der Waals surface area (Å²) in [5.41, 5.74) is 6.46. The van der Waals surface area contributed by atoms with Crippen LogP contribution in [-0.2, 0) is 0 Å². The molecule has 2 heterocycles. The predicted octanol–water partition coefficient (Wildman–Crippen LogP) is 1.63. The molecule has 6 heteroatoms. The van der Waals surface area contributed by atoms with Gasteiger partial charge >= 0.3 is 0 Å². The van der Waals surface area contributed by atoms with Crippen LogP contribution in [0.2, 0.25) is 0 Å². The molecule has 3 N–H and O–H groups in total. The Morgan fingerprint density at radius 2 is 2.41 bits per heavy atom. The van der Waals surface area contributed by atoms with Crippen LogP contribution in [0.4, 0.5) is 10.7 Å². The van der Waals surface area contributed by atoms with E-state index in [0.717, 1.165) is 23.8 Å². The molecular weight excluding hydrogens is 254 g/mol. The van der Waals surface area contributed by atoms with Gasteiger partial charge in [-0.05, 0) is 6.07 Å². The first-order valence-electron chi connectivity index (χ1n) is 5.59. The molecule has 0 aliphatic carbocycles. The van der Waals surface area contributed by atoms with Crippen LogP contribution >= 0.6 is 23.1 Å². The van der Waals surface area contributed by atoms with Crippen LogP contribution in [-0.4, -0.2) is 37.0 Å². The molecule has 1 amide bonds. The Bertz CT molecular complexity index is 419. The summed E-state index contributed by atoms with van der Waals surface area (Å²) in [7, 11) is 1.63. The second-order valence-corrected chi connectivity index (χ2v) is 6.65. The van der Waals surface area contributed by atoms with Gasteiger partial charge < -0.3 is 16.0 Å². The molecule has 1 unspecified atom stereocenters. The number of thiophene rings is 1. The average Bonchev–Trinajstić information content (AvgIpc) is 2.70. The van der Waals surface area contributed by atoms with Gasteiger partial charge in [0, 0.05) is 31.1 Å². The molecule has 94 valence electrons. The minimum absolute atomic E-state index is 0.0989. The van der Waals surface area contributed by atoms with Gasteiger partial charge in [-0.15, -0.1) is 11.3 Å². The van der Waals surface area contributed by atoms with E-state index >= 15 is 0 Å². The molecule has 0 radical (unpaired) electrons. The first-order chi connectivity index (χ1) is 8.11. The van der Waals surface area contributed by atoms with E-state index in [1.807, 2.05) is 17.8 Å². The Balaban J connectivity index is 2.19. The fourth-order valence-electron chi connectivity index (χ4n) is 1.86. The zero-order valence-electron chi connectivity index (χ0n) is 10.0. The largest absolute Gasteiger partial charge is 0.397 e. The van der Waals surface area contributed by atoms with Crippen molar-refractivity contribution in [2.45, 2.75) is 12.2 Å². The van der Waals surface area contributed by atoms with Crippen LogP contribution in [0.1, 0.15) is 16.6 Å². The van der Waals surface area contributed by atoms with E-state index < -0.39 is 0 Å². The Hall–Kier alpha value is -0.880. The lowest BCUT2D eigenvalue weighted by Crippen LogP contribution is -2.36. The number of anilines is 2. The molecule has 1 aliphatic heterocycles. The third-order valence-electron chi connectivity index (χ3n) is 2.73. The number of nitrogens with zero attached hydrogens (tertiary/aromatic N) is 1. The normalized spacial score (nSPS) is 20.4. The molecule has 1 aliphatic rings. The van der Waals surface area contributed by atoms with E-state index in [9.17, 15) is 4.79 Å². The van der Waals surface area contributed by atoms with Gasteiger partial charge in [-0.2, -0.15) is 11.8 Å². The Labute approximate surface area is 110 Å². The lowest BCUT2D eigenvalue weighted by Gasteiger charge is -2.31. The van der Waals surface area contributed by atoms with Gasteiger partial charge in [-0.1, -0.05) is 6.92 Å². The summed E-state index contributed by atoms with van der Waals surface area (Å²) < 4.78 is 0. The molecule has 1 fully saturated rings. The number of thioether (sulfide) groups is 1. The lowest BCUT2D eigenvalue weighted by molar-refractivity contribution is 0.0968. The van der Waals surface area contributed by atoms with Crippen molar-refractivity contribution in [2.24, 2.45) is 0 Å². The van der Waals surface area contributed by atoms with Gasteiger partial charge in [-0.3, -0.25) is 4.79 Å². The topological polar surface area (TPSA) is 58.4 Å². The van der Waals surface area contributed by atoms with Crippen molar-refractivity contribution < 1.29 is 4.79 Å². The van der Waals surface area contributed by atoms with E-state index in [4.69, 9.17) is 5.73 Å². The Kier molecular flexibility index (Phi) is 3.83. The highest BCUT2D eigenvalue weighted by Crippen LogP contribution is 2.34. The summed E-state index contributed by atoms with van der Waals surface area (Å²) in [5.74, 6) is 1.03. The standard InChI is InChI=1S/C11H17N3OS2/c1-7-6-14(3-4-16-7)9-5-8(12)10(17-9)11(15)13-2/h5,7H,3-4,6,12H2,1-2H3,(H,13,15). The second kappa shape index (κ2) is 5.18. The highest BCUT2D eigenvalue weighted by molar-refractivity contribution is 8.00. The summed E-state index contributed by atoms with van der Waals surface area (Å²) >= 11 is 3.47. The molecule has 0 saturated carbocycles. The zero-order valence-corrected chi connectivity index (χ0v) is 11.7. The maximum atomic E-state index is 11.6. The van der Waals surface area contributed by atoms with E-state index in [1.54, 1.807) is 7.05 Å². The van der Waals surface area contributed by atoms with E-state index in [0.29, 0.717) is 15.8 Å². The third kappa shape index (κ3) is 2.69. The number of hydrogen-bond donors (Lipinski definition) is 2. The quantitative estimate of drug-likeness (QED) is 0.858. The van der Waals surface area contributed by atoms with Crippen LogP contribution in [0.5, 0.6) is 0 Å². The molecule has 1 aromatic rings. The number of nitrogens with two attached hydrogens (primary N) is 1. The summed E-state index contributed by atoms with van der Waals surface area (Å²) in [6.45, 7) is 4.29. The van der Waals surface area contributed by atoms with E-state index in [2.05, 4.69) is 17.1 Å². The van der Waals surface area contributed by atoms with Crippen molar-refractivity contribution >= 4 is 39.7 Å². The van der Waals surface area contributed by atoms with Crippen LogP contribution in [0, 0.1) is 0 Å². The van der Waals surface area contributed by atoms with E-state index in [1.165, 1.54) is 11.3 Å². The number of hydrogen-bond acceptors (Lipinski definition) is 5. The fraction of sp³-hybridized carbons (Fsp3) is 0.545. The molecule has 0 aromatic carbocycles.